The number of piperidine rings is 3. The summed E-state index contributed by atoms with van der Waals surface area (Å²) in [7, 11) is 0. The van der Waals surface area contributed by atoms with Gasteiger partial charge in [0.2, 0.25) is 5.28 Å². The van der Waals surface area contributed by atoms with Crippen molar-refractivity contribution in [1.29, 1.82) is 0 Å². The SMILES string of the molecule is O=C(c1ccc(Sc2cnc(Cl)[nH]2)cc1)N(c1ccccc1)[C@H]1CN2CCC1CC2. The molecule has 1 N–H and O–H groups in total. The molecule has 4 heterocycles. The first kappa shape index (κ1) is 19.7. The number of halogens is 1. The lowest BCUT2D eigenvalue weighted by Crippen LogP contribution is -2.59. The van der Waals surface area contributed by atoms with Crippen molar-refractivity contribution in [3.8, 4) is 0 Å². The Morgan fingerprint density at radius 2 is 1.83 bits per heavy atom. The Bertz CT molecular complexity index is 1020. The third-order valence-electron chi connectivity index (χ3n) is 6.06. The lowest BCUT2D eigenvalue weighted by molar-refractivity contribution is 0.0734. The lowest BCUT2D eigenvalue weighted by atomic mass is 9.82. The smallest absolute Gasteiger partial charge is 0.258 e. The van der Waals surface area contributed by atoms with Gasteiger partial charge in [-0.25, -0.2) is 4.98 Å². The van der Waals surface area contributed by atoms with Crippen molar-refractivity contribution in [3.05, 3.63) is 71.6 Å². The highest BCUT2D eigenvalue weighted by molar-refractivity contribution is 7.99. The Kier molecular flexibility index (Phi) is 5.54. The van der Waals surface area contributed by atoms with Crippen molar-refractivity contribution in [2.45, 2.75) is 28.8 Å². The molecule has 0 spiro atoms. The van der Waals surface area contributed by atoms with Crippen LogP contribution in [0, 0.1) is 5.92 Å². The Balaban J connectivity index is 1.40. The van der Waals surface area contributed by atoms with Gasteiger partial charge in [-0.05, 0) is 79.8 Å². The largest absolute Gasteiger partial charge is 0.324 e. The van der Waals surface area contributed by atoms with Crippen molar-refractivity contribution < 1.29 is 4.79 Å². The van der Waals surface area contributed by atoms with Crippen LogP contribution in [0.25, 0.3) is 0 Å². The highest BCUT2D eigenvalue weighted by Gasteiger charge is 2.40. The molecule has 0 aliphatic carbocycles. The number of carbonyl (C=O) groups excluding carboxylic acids is 1. The van der Waals surface area contributed by atoms with E-state index in [-0.39, 0.29) is 11.9 Å². The molecule has 1 atom stereocenters. The number of fused-ring (bicyclic) bond motifs is 3. The summed E-state index contributed by atoms with van der Waals surface area (Å²) in [5, 5.41) is 1.25. The molecule has 3 saturated heterocycles. The first-order valence-electron chi connectivity index (χ1n) is 10.3. The number of para-hydroxylation sites is 1. The number of aromatic amines is 1. The van der Waals surface area contributed by atoms with Gasteiger partial charge >= 0.3 is 0 Å². The number of hydrogen-bond acceptors (Lipinski definition) is 4. The molecule has 0 saturated carbocycles. The zero-order chi connectivity index (χ0) is 20.5. The van der Waals surface area contributed by atoms with Crippen LogP contribution in [0.15, 0.2) is 70.7 Å². The fourth-order valence-electron chi connectivity index (χ4n) is 4.54. The number of nitrogens with zero attached hydrogens (tertiary/aromatic N) is 3. The number of amides is 1. The van der Waals surface area contributed by atoms with Crippen LogP contribution in [0.4, 0.5) is 5.69 Å². The fourth-order valence-corrected chi connectivity index (χ4v) is 5.53. The van der Waals surface area contributed by atoms with Crippen LogP contribution >= 0.6 is 23.4 Å². The minimum absolute atomic E-state index is 0.0704. The monoisotopic (exact) mass is 438 g/mol. The van der Waals surface area contributed by atoms with Gasteiger partial charge in [0.1, 0.15) is 0 Å². The van der Waals surface area contributed by atoms with Gasteiger partial charge in [0.25, 0.3) is 5.91 Å². The molecule has 7 heteroatoms. The molecule has 30 heavy (non-hydrogen) atoms. The Labute approximate surface area is 185 Å². The van der Waals surface area contributed by atoms with Gasteiger partial charge in [-0.1, -0.05) is 30.0 Å². The molecule has 6 rings (SSSR count). The molecule has 154 valence electrons. The van der Waals surface area contributed by atoms with Gasteiger partial charge in [0, 0.05) is 22.7 Å². The van der Waals surface area contributed by atoms with Crippen LogP contribution in [0.5, 0.6) is 0 Å². The lowest BCUT2D eigenvalue weighted by Gasteiger charge is -2.49. The van der Waals surface area contributed by atoms with E-state index in [0.29, 0.717) is 16.8 Å². The van der Waals surface area contributed by atoms with Crippen LogP contribution in [0.2, 0.25) is 5.28 Å². The quantitative estimate of drug-likeness (QED) is 0.612. The summed E-state index contributed by atoms with van der Waals surface area (Å²) in [5.74, 6) is 0.639. The predicted octanol–water partition coefficient (Wildman–Crippen LogP) is 4.96. The molecular weight excluding hydrogens is 416 g/mol. The van der Waals surface area contributed by atoms with Crippen molar-refractivity contribution in [3.63, 3.8) is 0 Å². The van der Waals surface area contributed by atoms with Crippen LogP contribution in [0.1, 0.15) is 23.2 Å². The number of H-pyrrole nitrogens is 1. The van der Waals surface area contributed by atoms with Gasteiger partial charge in [-0.2, -0.15) is 0 Å². The van der Waals surface area contributed by atoms with Crippen molar-refractivity contribution >= 4 is 35.0 Å². The number of anilines is 1. The number of carbonyl (C=O) groups is 1. The number of rotatable bonds is 5. The molecule has 1 amide bonds. The zero-order valence-corrected chi connectivity index (χ0v) is 18.1. The fraction of sp³-hybridized carbons (Fsp3) is 0.304. The van der Waals surface area contributed by atoms with Gasteiger partial charge in [-0.3, -0.25) is 4.79 Å². The average Bonchev–Trinajstić information content (AvgIpc) is 3.20. The Hall–Kier alpha value is -2.28. The number of aromatic nitrogens is 2. The normalized spacial score (nSPS) is 22.8. The third-order valence-corrected chi connectivity index (χ3v) is 7.18. The van der Waals surface area contributed by atoms with Gasteiger partial charge in [0.15, 0.2) is 0 Å². The summed E-state index contributed by atoms with van der Waals surface area (Å²) in [5.41, 5.74) is 1.69. The second-order valence-corrected chi connectivity index (χ2v) is 9.35. The highest BCUT2D eigenvalue weighted by atomic mass is 35.5. The maximum Gasteiger partial charge on any atom is 0.258 e. The van der Waals surface area contributed by atoms with E-state index in [0.717, 1.165) is 35.2 Å². The van der Waals surface area contributed by atoms with Gasteiger partial charge in [0.05, 0.1) is 17.3 Å². The molecule has 2 aromatic carbocycles. The third kappa shape index (κ3) is 4.00. The maximum atomic E-state index is 13.7. The topological polar surface area (TPSA) is 52.2 Å². The predicted molar refractivity (Wildman–Crippen MR) is 120 cm³/mol. The molecule has 0 unspecified atom stereocenters. The van der Waals surface area contributed by atoms with Crippen molar-refractivity contribution in [2.24, 2.45) is 5.92 Å². The van der Waals surface area contributed by atoms with Crippen molar-refractivity contribution in [2.75, 3.05) is 24.5 Å². The summed E-state index contributed by atoms with van der Waals surface area (Å²) in [6, 6.07) is 18.1. The van der Waals surface area contributed by atoms with Gasteiger partial charge < -0.3 is 14.8 Å². The highest BCUT2D eigenvalue weighted by Crippen LogP contribution is 2.35. The van der Waals surface area contributed by atoms with Crippen LogP contribution in [0.3, 0.4) is 0 Å². The molecule has 3 aliphatic heterocycles. The van der Waals surface area contributed by atoms with Gasteiger partial charge in [-0.15, -0.1) is 0 Å². The van der Waals surface area contributed by atoms with Crippen LogP contribution in [-0.4, -0.2) is 46.5 Å². The number of hydrogen-bond donors (Lipinski definition) is 1. The summed E-state index contributed by atoms with van der Waals surface area (Å²) >= 11 is 7.39. The van der Waals surface area contributed by atoms with E-state index < -0.39 is 0 Å². The van der Waals surface area contributed by atoms with Crippen LogP contribution in [-0.2, 0) is 0 Å². The summed E-state index contributed by atoms with van der Waals surface area (Å²) in [4.78, 5) is 26.2. The summed E-state index contributed by atoms with van der Waals surface area (Å²) in [6.07, 6.45) is 4.05. The molecular formula is C23H23ClN4OS. The standard InChI is InChI=1S/C23H23ClN4OS/c24-23-25-14-21(26-23)30-19-8-6-17(7-9-19)22(29)28(18-4-2-1-3-5-18)20-15-27-12-10-16(20)11-13-27/h1-9,14,16,20H,10-13,15H2,(H,25,26)/t20-/m0/s1. The first-order chi connectivity index (χ1) is 14.7. The average molecular weight is 439 g/mol. The molecule has 3 aromatic rings. The van der Waals surface area contributed by atoms with E-state index in [2.05, 4.69) is 14.9 Å². The molecule has 3 fully saturated rings. The first-order valence-corrected chi connectivity index (χ1v) is 11.5. The molecule has 5 nitrogen and oxygen atoms in total. The minimum atomic E-state index is 0.0704. The van der Waals surface area contributed by atoms with Crippen LogP contribution < -0.4 is 4.90 Å². The summed E-state index contributed by atoms with van der Waals surface area (Å²) < 4.78 is 0. The van der Waals surface area contributed by atoms with E-state index in [1.165, 1.54) is 24.6 Å². The molecule has 0 radical (unpaired) electrons. The Morgan fingerprint density at radius 3 is 2.43 bits per heavy atom. The van der Waals surface area contributed by atoms with E-state index in [9.17, 15) is 4.79 Å². The molecule has 3 aliphatic rings. The second-order valence-electron chi connectivity index (χ2n) is 7.88. The minimum Gasteiger partial charge on any atom is -0.324 e. The van der Waals surface area contributed by atoms with E-state index in [1.54, 1.807) is 6.20 Å². The Morgan fingerprint density at radius 1 is 1.10 bits per heavy atom. The van der Waals surface area contributed by atoms with E-state index in [1.807, 2.05) is 59.5 Å². The van der Waals surface area contributed by atoms with Crippen molar-refractivity contribution in [1.82, 2.24) is 14.9 Å². The second kappa shape index (κ2) is 8.46. The summed E-state index contributed by atoms with van der Waals surface area (Å²) in [6.45, 7) is 3.27. The molecule has 2 bridgehead atoms. The number of benzene rings is 2. The van der Waals surface area contributed by atoms with E-state index in [4.69, 9.17) is 11.6 Å². The molecule has 1 aromatic heterocycles. The van der Waals surface area contributed by atoms with E-state index >= 15 is 0 Å². The zero-order valence-electron chi connectivity index (χ0n) is 16.5. The number of nitrogens with one attached hydrogen (secondary N) is 1. The maximum absolute atomic E-state index is 13.7. The number of imidazole rings is 1.